The molecule has 0 radical (unpaired) electrons. The summed E-state index contributed by atoms with van der Waals surface area (Å²) in [6.07, 6.45) is 2.52. The summed E-state index contributed by atoms with van der Waals surface area (Å²) in [4.78, 5) is 20.5. The molecule has 0 spiro atoms. The van der Waals surface area contributed by atoms with Crippen LogP contribution < -0.4 is 5.32 Å². The molecule has 1 saturated heterocycles. The minimum Gasteiger partial charge on any atom is -0.381 e. The highest BCUT2D eigenvalue weighted by atomic mass is 16.5. The van der Waals surface area contributed by atoms with Gasteiger partial charge in [0.2, 0.25) is 0 Å². The molecule has 1 atom stereocenters. The van der Waals surface area contributed by atoms with Crippen molar-refractivity contribution < 1.29 is 9.53 Å². The summed E-state index contributed by atoms with van der Waals surface area (Å²) in [5.41, 5.74) is 1.89. The Bertz CT molecular complexity index is 594. The van der Waals surface area contributed by atoms with Crippen LogP contribution in [0.15, 0.2) is 30.5 Å². The van der Waals surface area contributed by atoms with Gasteiger partial charge in [0.05, 0.1) is 23.8 Å². The summed E-state index contributed by atoms with van der Waals surface area (Å²) in [6, 6.07) is 7.51. The Kier molecular flexibility index (Phi) is 3.37. The number of carbonyl (C=O) groups is 1. The molecule has 0 bridgehead atoms. The highest BCUT2D eigenvalue weighted by molar-refractivity contribution is 5.93. The molecule has 5 heteroatoms. The van der Waals surface area contributed by atoms with Crippen molar-refractivity contribution in [2.24, 2.45) is 5.92 Å². The first kappa shape index (κ1) is 12.0. The zero-order valence-corrected chi connectivity index (χ0v) is 10.5. The molecule has 0 saturated carbocycles. The van der Waals surface area contributed by atoms with E-state index >= 15 is 0 Å². The molecule has 3 rings (SSSR count). The van der Waals surface area contributed by atoms with Gasteiger partial charge in [0.25, 0.3) is 5.91 Å². The van der Waals surface area contributed by atoms with E-state index in [0.29, 0.717) is 18.2 Å². The second-order valence-electron chi connectivity index (χ2n) is 4.68. The Morgan fingerprint density at radius 3 is 3.00 bits per heavy atom. The number of hydrogen-bond donors (Lipinski definition) is 1. The van der Waals surface area contributed by atoms with Crippen LogP contribution in [0.25, 0.3) is 11.0 Å². The fraction of sp³-hybridized carbons (Fsp3) is 0.357. The third-order valence-electron chi connectivity index (χ3n) is 3.26. The van der Waals surface area contributed by atoms with E-state index in [0.717, 1.165) is 30.7 Å². The first-order valence-corrected chi connectivity index (χ1v) is 6.40. The fourth-order valence-electron chi connectivity index (χ4n) is 2.14. The van der Waals surface area contributed by atoms with Crippen molar-refractivity contribution in [3.05, 3.63) is 36.2 Å². The Balaban J connectivity index is 1.70. The smallest absolute Gasteiger partial charge is 0.271 e. The lowest BCUT2D eigenvalue weighted by molar-refractivity contribution is 0.0940. The SMILES string of the molecule is O=C(NCC1CCOC1)c1cnc2ccccc2n1. The second-order valence-corrected chi connectivity index (χ2v) is 4.68. The molecule has 1 N–H and O–H groups in total. The van der Waals surface area contributed by atoms with E-state index in [1.807, 2.05) is 24.3 Å². The monoisotopic (exact) mass is 257 g/mol. The second kappa shape index (κ2) is 5.32. The predicted octanol–water partition coefficient (Wildman–Crippen LogP) is 1.40. The Hall–Kier alpha value is -2.01. The van der Waals surface area contributed by atoms with Crippen LogP contribution in [0.2, 0.25) is 0 Å². The largest absolute Gasteiger partial charge is 0.381 e. The molecule has 98 valence electrons. The predicted molar refractivity (Wildman–Crippen MR) is 70.8 cm³/mol. The number of nitrogens with zero attached hydrogens (tertiary/aromatic N) is 2. The van der Waals surface area contributed by atoms with E-state index in [1.165, 1.54) is 6.20 Å². The van der Waals surface area contributed by atoms with E-state index in [2.05, 4.69) is 15.3 Å². The van der Waals surface area contributed by atoms with Crippen LogP contribution in [0.3, 0.4) is 0 Å². The Morgan fingerprint density at radius 2 is 2.21 bits per heavy atom. The highest BCUT2D eigenvalue weighted by Crippen LogP contribution is 2.11. The molecule has 5 nitrogen and oxygen atoms in total. The van der Waals surface area contributed by atoms with E-state index in [9.17, 15) is 4.79 Å². The number of amides is 1. The summed E-state index contributed by atoms with van der Waals surface area (Å²) in [6.45, 7) is 2.15. The van der Waals surface area contributed by atoms with Gasteiger partial charge in [0, 0.05) is 19.1 Å². The van der Waals surface area contributed by atoms with E-state index in [4.69, 9.17) is 4.74 Å². The number of para-hydroxylation sites is 2. The van der Waals surface area contributed by atoms with E-state index < -0.39 is 0 Å². The van der Waals surface area contributed by atoms with Crippen LogP contribution in [0.4, 0.5) is 0 Å². The lowest BCUT2D eigenvalue weighted by Crippen LogP contribution is -2.30. The van der Waals surface area contributed by atoms with Gasteiger partial charge in [-0.25, -0.2) is 4.98 Å². The number of ether oxygens (including phenoxy) is 1. The lowest BCUT2D eigenvalue weighted by Gasteiger charge is -2.09. The summed E-state index contributed by atoms with van der Waals surface area (Å²) < 4.78 is 5.27. The van der Waals surface area contributed by atoms with Crippen LogP contribution in [0.5, 0.6) is 0 Å². The Labute approximate surface area is 111 Å². The quantitative estimate of drug-likeness (QED) is 0.902. The van der Waals surface area contributed by atoms with Gasteiger partial charge in [0.15, 0.2) is 0 Å². The van der Waals surface area contributed by atoms with E-state index in [1.54, 1.807) is 0 Å². The van der Waals surface area contributed by atoms with Gasteiger partial charge < -0.3 is 10.1 Å². The molecule has 2 heterocycles. The summed E-state index contributed by atoms with van der Waals surface area (Å²) >= 11 is 0. The topological polar surface area (TPSA) is 64.1 Å². The molecule has 1 aliphatic rings. The first-order valence-electron chi connectivity index (χ1n) is 6.40. The average molecular weight is 257 g/mol. The number of benzene rings is 1. The summed E-state index contributed by atoms with van der Waals surface area (Å²) in [7, 11) is 0. The molecule has 19 heavy (non-hydrogen) atoms. The minimum atomic E-state index is -0.176. The lowest BCUT2D eigenvalue weighted by atomic mass is 10.1. The first-order chi connectivity index (χ1) is 9.33. The zero-order valence-electron chi connectivity index (χ0n) is 10.5. The number of rotatable bonds is 3. The normalized spacial score (nSPS) is 18.6. The third-order valence-corrected chi connectivity index (χ3v) is 3.26. The van der Waals surface area contributed by atoms with Crippen molar-refractivity contribution in [2.75, 3.05) is 19.8 Å². The van der Waals surface area contributed by atoms with Crippen LogP contribution >= 0.6 is 0 Å². The molecule has 1 fully saturated rings. The number of aromatic nitrogens is 2. The number of hydrogen-bond acceptors (Lipinski definition) is 4. The molecule has 1 unspecified atom stereocenters. The van der Waals surface area contributed by atoms with E-state index in [-0.39, 0.29) is 5.91 Å². The summed E-state index contributed by atoms with van der Waals surface area (Å²) in [5.74, 6) is 0.238. The van der Waals surface area contributed by atoms with Crippen molar-refractivity contribution in [3.63, 3.8) is 0 Å². The van der Waals surface area contributed by atoms with Crippen molar-refractivity contribution in [1.29, 1.82) is 0 Å². The molecule has 2 aromatic rings. The van der Waals surface area contributed by atoms with Crippen LogP contribution in [0.1, 0.15) is 16.9 Å². The van der Waals surface area contributed by atoms with Gasteiger partial charge in [-0.1, -0.05) is 12.1 Å². The molecular formula is C14H15N3O2. The van der Waals surface area contributed by atoms with Gasteiger partial charge in [-0.15, -0.1) is 0 Å². The van der Waals surface area contributed by atoms with Crippen molar-refractivity contribution in [2.45, 2.75) is 6.42 Å². The van der Waals surface area contributed by atoms with Crippen molar-refractivity contribution in [3.8, 4) is 0 Å². The average Bonchev–Trinajstić information content (AvgIpc) is 2.97. The molecule has 1 aromatic carbocycles. The van der Waals surface area contributed by atoms with Gasteiger partial charge >= 0.3 is 0 Å². The molecule has 1 aliphatic heterocycles. The standard InChI is InChI=1S/C14H15N3O2/c18-14(16-7-10-5-6-19-9-10)13-8-15-11-3-1-2-4-12(11)17-13/h1-4,8,10H,5-7,9H2,(H,16,18). The molecular weight excluding hydrogens is 242 g/mol. The maximum Gasteiger partial charge on any atom is 0.271 e. The van der Waals surface area contributed by atoms with Crippen molar-refractivity contribution >= 4 is 16.9 Å². The Morgan fingerprint density at radius 1 is 1.37 bits per heavy atom. The van der Waals surface area contributed by atoms with Gasteiger partial charge in [-0.05, 0) is 18.6 Å². The summed E-state index contributed by atoms with van der Waals surface area (Å²) in [5, 5.41) is 2.88. The number of nitrogens with one attached hydrogen (secondary N) is 1. The van der Waals surface area contributed by atoms with Crippen LogP contribution in [-0.4, -0.2) is 35.6 Å². The zero-order chi connectivity index (χ0) is 13.1. The fourth-order valence-corrected chi connectivity index (χ4v) is 2.14. The molecule has 0 aliphatic carbocycles. The van der Waals surface area contributed by atoms with Crippen molar-refractivity contribution in [1.82, 2.24) is 15.3 Å². The van der Waals surface area contributed by atoms with Gasteiger partial charge in [-0.3, -0.25) is 9.78 Å². The maximum atomic E-state index is 12.0. The van der Waals surface area contributed by atoms with Crippen LogP contribution in [-0.2, 0) is 4.74 Å². The van der Waals surface area contributed by atoms with Gasteiger partial charge in [0.1, 0.15) is 5.69 Å². The minimum absolute atomic E-state index is 0.176. The maximum absolute atomic E-state index is 12.0. The van der Waals surface area contributed by atoms with Crippen LogP contribution in [0, 0.1) is 5.92 Å². The number of fused-ring (bicyclic) bond motifs is 1. The molecule has 1 aromatic heterocycles. The highest BCUT2D eigenvalue weighted by Gasteiger charge is 2.17. The number of carbonyl (C=O) groups excluding carboxylic acids is 1. The third kappa shape index (κ3) is 2.71. The molecule has 1 amide bonds. The van der Waals surface area contributed by atoms with Gasteiger partial charge in [-0.2, -0.15) is 0 Å².